The zero-order valence-electron chi connectivity index (χ0n) is 26.4. The lowest BCUT2D eigenvalue weighted by molar-refractivity contribution is -0.897. The number of nitrogens with zero attached hydrogens (tertiary/aromatic N) is 1. The third-order valence-electron chi connectivity index (χ3n) is 8.46. The molecule has 0 amide bonds. The van der Waals surface area contributed by atoms with Gasteiger partial charge in [0.05, 0.1) is 46.5 Å². The monoisotopic (exact) mass is 673 g/mol. The van der Waals surface area contributed by atoms with Crippen molar-refractivity contribution in [1.29, 1.82) is 0 Å². The summed E-state index contributed by atoms with van der Waals surface area (Å²) < 4.78 is 19.6. The molecule has 4 nitrogen and oxygen atoms in total. The molecule has 1 aromatic rings. The van der Waals surface area contributed by atoms with E-state index in [-0.39, 0.29) is 30.1 Å². The van der Waals surface area contributed by atoms with Gasteiger partial charge in [-0.05, 0) is 24.8 Å². The van der Waals surface area contributed by atoms with E-state index in [1.165, 1.54) is 132 Å². The normalized spacial score (nSPS) is 15.2. The van der Waals surface area contributed by atoms with Crippen molar-refractivity contribution < 1.29 is 42.7 Å². The molecule has 0 bridgehead atoms. The molecule has 1 heterocycles. The number of unbranched alkanes of at least 4 members (excludes halogenated alkanes) is 14. The van der Waals surface area contributed by atoms with Gasteiger partial charge in [0.2, 0.25) is 0 Å². The average Bonchev–Trinajstić information content (AvgIpc) is 3.39. The smallest absolute Gasteiger partial charge is 0.105 e. The van der Waals surface area contributed by atoms with E-state index in [1.807, 2.05) is 0 Å². The Kier molecular flexibility index (Phi) is 25.0. The van der Waals surface area contributed by atoms with Crippen molar-refractivity contribution in [2.45, 2.75) is 135 Å². The lowest BCUT2D eigenvalue weighted by Crippen LogP contribution is -3.00. The Morgan fingerprint density at radius 3 is 1.65 bits per heavy atom. The minimum absolute atomic E-state index is 0. The van der Waals surface area contributed by atoms with E-state index in [0.717, 1.165) is 26.1 Å². The van der Waals surface area contributed by atoms with Gasteiger partial charge in [-0.25, -0.2) is 0 Å². The molecule has 1 aliphatic heterocycles. The van der Waals surface area contributed by atoms with Crippen LogP contribution in [-0.4, -0.2) is 63.7 Å². The van der Waals surface area contributed by atoms with E-state index < -0.39 is 0 Å². The van der Waals surface area contributed by atoms with Gasteiger partial charge in [-0.1, -0.05) is 121 Å². The van der Waals surface area contributed by atoms with E-state index in [9.17, 15) is 0 Å². The molecule has 0 spiro atoms. The minimum Gasteiger partial charge on any atom is -1.00 e. The number of rotatable bonds is 27. The molecule has 234 valence electrons. The summed E-state index contributed by atoms with van der Waals surface area (Å²) in [4.78, 5) is 0. The SMILES string of the molecule is CCCCCCCCCCCCCCCCOCC(COCCCC[N+]1(C)CCCC1)OCc1ccccc1.[I-]. The third-order valence-corrected chi connectivity index (χ3v) is 8.46. The summed E-state index contributed by atoms with van der Waals surface area (Å²) in [6, 6.07) is 10.4. The highest BCUT2D eigenvalue weighted by Crippen LogP contribution is 2.17. The maximum Gasteiger partial charge on any atom is 0.105 e. The Morgan fingerprint density at radius 1 is 0.650 bits per heavy atom. The van der Waals surface area contributed by atoms with E-state index in [4.69, 9.17) is 14.2 Å². The van der Waals surface area contributed by atoms with Gasteiger partial charge in [0, 0.05) is 26.1 Å². The molecule has 0 aromatic heterocycles. The van der Waals surface area contributed by atoms with Crippen molar-refractivity contribution >= 4 is 0 Å². The second-order valence-corrected chi connectivity index (χ2v) is 12.4. The van der Waals surface area contributed by atoms with Gasteiger partial charge in [0.25, 0.3) is 0 Å². The van der Waals surface area contributed by atoms with Gasteiger partial charge < -0.3 is 42.7 Å². The largest absolute Gasteiger partial charge is 1.00 e. The van der Waals surface area contributed by atoms with Crippen LogP contribution >= 0.6 is 0 Å². The summed E-state index contributed by atoms with van der Waals surface area (Å²) in [7, 11) is 2.41. The topological polar surface area (TPSA) is 27.7 Å². The molecule has 0 radical (unpaired) electrons. The zero-order chi connectivity index (χ0) is 27.7. The lowest BCUT2D eigenvalue weighted by Gasteiger charge is -2.29. The second kappa shape index (κ2) is 26.4. The van der Waals surface area contributed by atoms with Crippen LogP contribution < -0.4 is 24.0 Å². The molecule has 0 N–H and O–H groups in total. The molecule has 1 aromatic carbocycles. The number of halogens is 1. The first-order chi connectivity index (χ1) is 19.2. The van der Waals surface area contributed by atoms with Gasteiger partial charge >= 0.3 is 0 Å². The van der Waals surface area contributed by atoms with Gasteiger partial charge in [-0.3, -0.25) is 0 Å². The molecule has 5 heteroatoms. The number of benzene rings is 1. The molecule has 1 aliphatic rings. The van der Waals surface area contributed by atoms with Crippen molar-refractivity contribution in [3.05, 3.63) is 35.9 Å². The molecule has 40 heavy (non-hydrogen) atoms. The highest BCUT2D eigenvalue weighted by atomic mass is 127. The van der Waals surface area contributed by atoms with E-state index in [0.29, 0.717) is 19.8 Å². The van der Waals surface area contributed by atoms with Crippen LogP contribution in [-0.2, 0) is 20.8 Å². The quantitative estimate of drug-likeness (QED) is 0.0641. The summed E-state index contributed by atoms with van der Waals surface area (Å²) in [5.41, 5.74) is 1.21. The Bertz CT molecular complexity index is 653. The van der Waals surface area contributed by atoms with Crippen LogP contribution in [0.25, 0.3) is 0 Å². The summed E-state index contributed by atoms with van der Waals surface area (Å²) in [5, 5.41) is 0. The fourth-order valence-corrected chi connectivity index (χ4v) is 5.78. The Morgan fingerprint density at radius 2 is 1.12 bits per heavy atom. The number of ether oxygens (including phenoxy) is 3. The number of hydrogen-bond acceptors (Lipinski definition) is 3. The second-order valence-electron chi connectivity index (χ2n) is 12.4. The lowest BCUT2D eigenvalue weighted by atomic mass is 10.0. The minimum atomic E-state index is -0.0000170. The molecule has 1 fully saturated rings. The van der Waals surface area contributed by atoms with Crippen molar-refractivity contribution in [3.63, 3.8) is 0 Å². The molecule has 2 rings (SSSR count). The van der Waals surface area contributed by atoms with Crippen molar-refractivity contribution in [1.82, 2.24) is 0 Å². The third kappa shape index (κ3) is 20.6. The molecule has 0 aliphatic carbocycles. The van der Waals surface area contributed by atoms with Crippen molar-refractivity contribution in [2.75, 3.05) is 53.1 Å². The fourth-order valence-electron chi connectivity index (χ4n) is 5.78. The molecule has 1 saturated heterocycles. The number of quaternary nitrogens is 1. The predicted molar refractivity (Wildman–Crippen MR) is 166 cm³/mol. The number of likely N-dealkylation sites (tertiary alicyclic amines) is 1. The number of hydrogen-bond donors (Lipinski definition) is 0. The van der Waals surface area contributed by atoms with Gasteiger partial charge in [-0.15, -0.1) is 0 Å². The standard InChI is InChI=1S/C35H64NO3.HI/c1-3-4-5-6-7-8-9-10-11-12-13-14-15-22-29-37-32-35(39-31-34-24-17-16-18-25-34)33-38-30-23-21-28-36(2)26-19-20-27-36;/h16-18,24-25,35H,3-15,19-23,26-33H2,1-2H3;1H/q+1;/p-1. The predicted octanol–water partition coefficient (Wildman–Crippen LogP) is 6.11. The van der Waals surface area contributed by atoms with Crippen LogP contribution in [0.1, 0.15) is 128 Å². The highest BCUT2D eigenvalue weighted by molar-refractivity contribution is 5.13. The van der Waals surface area contributed by atoms with E-state index in [2.05, 4.69) is 44.3 Å². The summed E-state index contributed by atoms with van der Waals surface area (Å²) in [6.07, 6.45) is 24.6. The van der Waals surface area contributed by atoms with Crippen LogP contribution in [0, 0.1) is 0 Å². The van der Waals surface area contributed by atoms with E-state index in [1.54, 1.807) is 0 Å². The van der Waals surface area contributed by atoms with Crippen molar-refractivity contribution in [3.8, 4) is 0 Å². The summed E-state index contributed by atoms with van der Waals surface area (Å²) >= 11 is 0. The molecule has 0 saturated carbocycles. The fraction of sp³-hybridized carbons (Fsp3) is 0.829. The molecular weight excluding hydrogens is 609 g/mol. The first-order valence-corrected chi connectivity index (χ1v) is 16.9. The van der Waals surface area contributed by atoms with E-state index >= 15 is 0 Å². The average molecular weight is 674 g/mol. The van der Waals surface area contributed by atoms with Gasteiger partial charge in [0.15, 0.2) is 0 Å². The van der Waals surface area contributed by atoms with Crippen molar-refractivity contribution in [2.24, 2.45) is 0 Å². The summed E-state index contributed by atoms with van der Waals surface area (Å²) in [5.74, 6) is 0. The Labute approximate surface area is 265 Å². The van der Waals surface area contributed by atoms with Gasteiger partial charge in [0.1, 0.15) is 6.10 Å². The van der Waals surface area contributed by atoms with Crippen LogP contribution in [0.5, 0.6) is 0 Å². The zero-order valence-corrected chi connectivity index (χ0v) is 28.6. The Balaban J connectivity index is 0.00000800. The van der Waals surface area contributed by atoms with Crippen LogP contribution in [0.15, 0.2) is 30.3 Å². The molecule has 1 unspecified atom stereocenters. The molecular formula is C35H64INO3. The highest BCUT2D eigenvalue weighted by Gasteiger charge is 2.25. The van der Waals surface area contributed by atoms with Crippen LogP contribution in [0.2, 0.25) is 0 Å². The van der Waals surface area contributed by atoms with Crippen LogP contribution in [0.3, 0.4) is 0 Å². The Hall–Kier alpha value is -0.210. The maximum absolute atomic E-state index is 6.20. The van der Waals surface area contributed by atoms with Gasteiger partial charge in [-0.2, -0.15) is 0 Å². The summed E-state index contributed by atoms with van der Waals surface area (Å²) in [6.45, 7) is 9.82. The first kappa shape index (κ1) is 37.8. The first-order valence-electron chi connectivity index (χ1n) is 16.9. The maximum atomic E-state index is 6.20. The molecule has 1 atom stereocenters. The van der Waals surface area contributed by atoms with Crippen LogP contribution in [0.4, 0.5) is 0 Å².